The van der Waals surface area contributed by atoms with Crippen molar-refractivity contribution in [3.05, 3.63) is 65.7 Å². The van der Waals surface area contributed by atoms with E-state index in [2.05, 4.69) is 15.4 Å². The molecule has 0 aliphatic rings. The lowest BCUT2D eigenvalue weighted by Gasteiger charge is -2.19. The zero-order valence-corrected chi connectivity index (χ0v) is 16.5. The zero-order chi connectivity index (χ0) is 21.2. The minimum atomic E-state index is -2.86. The van der Waals surface area contributed by atoms with Crippen molar-refractivity contribution in [2.75, 3.05) is 6.54 Å². The maximum absolute atomic E-state index is 12.7. The van der Waals surface area contributed by atoms with Gasteiger partial charge in [-0.05, 0) is 35.6 Å². The van der Waals surface area contributed by atoms with Crippen molar-refractivity contribution in [1.29, 1.82) is 0 Å². The number of amides is 2. The topological polar surface area (TPSA) is 67.4 Å². The standard InChI is InChI=1S/C22H26F2N2O3/c1-15(2)14-19(27)26-20(17-6-4-3-5-7-17)21(28)25-13-12-16-8-10-18(11-9-16)29-22(23)24/h3-11,15,20,22H,12-14H2,1-2H3,(H,25,28)(H,26,27). The third-order valence-electron chi connectivity index (χ3n) is 4.16. The van der Waals surface area contributed by atoms with Crippen molar-refractivity contribution in [2.45, 2.75) is 39.3 Å². The molecule has 1 unspecified atom stereocenters. The minimum Gasteiger partial charge on any atom is -0.435 e. The molecule has 29 heavy (non-hydrogen) atoms. The summed E-state index contributed by atoms with van der Waals surface area (Å²) in [7, 11) is 0. The molecule has 0 saturated heterocycles. The molecule has 0 aliphatic carbocycles. The van der Waals surface area contributed by atoms with Gasteiger partial charge < -0.3 is 15.4 Å². The Morgan fingerprint density at radius 1 is 1.00 bits per heavy atom. The van der Waals surface area contributed by atoms with Gasteiger partial charge in [-0.3, -0.25) is 9.59 Å². The van der Waals surface area contributed by atoms with Crippen LogP contribution in [0.15, 0.2) is 54.6 Å². The van der Waals surface area contributed by atoms with Gasteiger partial charge in [-0.25, -0.2) is 0 Å². The first kappa shape index (κ1) is 22.3. The Bertz CT molecular complexity index is 780. The molecule has 5 nitrogen and oxygen atoms in total. The van der Waals surface area contributed by atoms with E-state index in [1.54, 1.807) is 24.3 Å². The molecule has 7 heteroatoms. The van der Waals surface area contributed by atoms with Crippen molar-refractivity contribution in [3.63, 3.8) is 0 Å². The van der Waals surface area contributed by atoms with Crippen LogP contribution in [-0.4, -0.2) is 25.0 Å². The van der Waals surface area contributed by atoms with E-state index in [1.165, 1.54) is 12.1 Å². The van der Waals surface area contributed by atoms with E-state index in [0.29, 0.717) is 24.9 Å². The van der Waals surface area contributed by atoms with Crippen molar-refractivity contribution in [1.82, 2.24) is 10.6 Å². The molecule has 0 aliphatic heterocycles. The SMILES string of the molecule is CC(C)CC(=O)NC(C(=O)NCCc1ccc(OC(F)F)cc1)c1ccccc1. The second kappa shape index (κ2) is 11.1. The van der Waals surface area contributed by atoms with Gasteiger partial charge in [-0.2, -0.15) is 8.78 Å². The summed E-state index contributed by atoms with van der Waals surface area (Å²) in [6.07, 6.45) is 0.853. The highest BCUT2D eigenvalue weighted by molar-refractivity contribution is 5.88. The van der Waals surface area contributed by atoms with E-state index in [0.717, 1.165) is 5.56 Å². The van der Waals surface area contributed by atoms with E-state index < -0.39 is 12.7 Å². The first-order chi connectivity index (χ1) is 13.8. The predicted octanol–water partition coefficient (Wildman–Crippen LogP) is 3.85. The first-order valence-corrected chi connectivity index (χ1v) is 9.51. The van der Waals surface area contributed by atoms with Crippen LogP contribution in [0.4, 0.5) is 8.78 Å². The monoisotopic (exact) mass is 404 g/mol. The van der Waals surface area contributed by atoms with Crippen LogP contribution in [0, 0.1) is 5.92 Å². The Balaban J connectivity index is 1.94. The van der Waals surface area contributed by atoms with Crippen LogP contribution in [0.2, 0.25) is 0 Å². The average molecular weight is 404 g/mol. The molecule has 2 rings (SSSR count). The highest BCUT2D eigenvalue weighted by atomic mass is 19.3. The van der Waals surface area contributed by atoms with Gasteiger partial charge in [0, 0.05) is 13.0 Å². The molecule has 2 N–H and O–H groups in total. The maximum atomic E-state index is 12.7. The number of hydrogen-bond acceptors (Lipinski definition) is 3. The van der Waals surface area contributed by atoms with Gasteiger partial charge in [0.2, 0.25) is 11.8 Å². The maximum Gasteiger partial charge on any atom is 0.387 e. The predicted molar refractivity (Wildman–Crippen MR) is 107 cm³/mol. The normalized spacial score (nSPS) is 11.9. The van der Waals surface area contributed by atoms with Crippen LogP contribution < -0.4 is 15.4 Å². The van der Waals surface area contributed by atoms with E-state index >= 15 is 0 Å². The van der Waals surface area contributed by atoms with E-state index in [-0.39, 0.29) is 23.5 Å². The number of carbonyl (C=O) groups excluding carboxylic acids is 2. The Morgan fingerprint density at radius 3 is 2.24 bits per heavy atom. The second-order valence-electron chi connectivity index (χ2n) is 7.07. The largest absolute Gasteiger partial charge is 0.435 e. The fraction of sp³-hybridized carbons (Fsp3) is 0.364. The van der Waals surface area contributed by atoms with Crippen LogP contribution in [0.3, 0.4) is 0 Å². The van der Waals surface area contributed by atoms with Gasteiger partial charge in [0.25, 0.3) is 0 Å². The van der Waals surface area contributed by atoms with Gasteiger partial charge in [-0.1, -0.05) is 56.3 Å². The lowest BCUT2D eigenvalue weighted by Crippen LogP contribution is -2.41. The molecule has 2 aromatic rings. The number of nitrogens with one attached hydrogen (secondary N) is 2. The minimum absolute atomic E-state index is 0.0878. The summed E-state index contributed by atoms with van der Waals surface area (Å²) < 4.78 is 28.7. The van der Waals surface area contributed by atoms with Crippen molar-refractivity contribution in [2.24, 2.45) is 5.92 Å². The van der Waals surface area contributed by atoms with E-state index in [1.807, 2.05) is 32.0 Å². The third kappa shape index (κ3) is 7.89. The Kier molecular flexibility index (Phi) is 8.58. The molecule has 0 fully saturated rings. The third-order valence-corrected chi connectivity index (χ3v) is 4.16. The van der Waals surface area contributed by atoms with Crippen LogP contribution in [-0.2, 0) is 16.0 Å². The van der Waals surface area contributed by atoms with Crippen molar-refractivity contribution >= 4 is 11.8 Å². The molecule has 2 amide bonds. The van der Waals surface area contributed by atoms with Crippen molar-refractivity contribution in [3.8, 4) is 5.75 Å². The molecule has 156 valence electrons. The molecular formula is C22H26F2N2O3. The number of hydrogen-bond donors (Lipinski definition) is 2. The molecule has 0 radical (unpaired) electrons. The number of ether oxygens (including phenoxy) is 1. The summed E-state index contributed by atoms with van der Waals surface area (Å²) in [5.74, 6) is -0.208. The van der Waals surface area contributed by atoms with Crippen LogP contribution in [0.25, 0.3) is 0 Å². The highest BCUT2D eigenvalue weighted by Crippen LogP contribution is 2.16. The molecule has 0 saturated carbocycles. The van der Waals surface area contributed by atoms with Gasteiger partial charge in [0.15, 0.2) is 0 Å². The molecule has 0 aromatic heterocycles. The smallest absolute Gasteiger partial charge is 0.387 e. The first-order valence-electron chi connectivity index (χ1n) is 9.51. The summed E-state index contributed by atoms with van der Waals surface area (Å²) in [5.41, 5.74) is 1.57. The number of benzene rings is 2. The second-order valence-corrected chi connectivity index (χ2v) is 7.07. The summed E-state index contributed by atoms with van der Waals surface area (Å²) in [5, 5.41) is 5.63. The lowest BCUT2D eigenvalue weighted by atomic mass is 10.0. The van der Waals surface area contributed by atoms with Crippen molar-refractivity contribution < 1.29 is 23.1 Å². The van der Waals surface area contributed by atoms with Gasteiger partial charge in [0.05, 0.1) is 0 Å². The van der Waals surface area contributed by atoms with E-state index in [4.69, 9.17) is 0 Å². The summed E-state index contributed by atoms with van der Waals surface area (Å²) in [4.78, 5) is 24.9. The van der Waals surface area contributed by atoms with Gasteiger partial charge >= 0.3 is 6.61 Å². The van der Waals surface area contributed by atoms with E-state index in [9.17, 15) is 18.4 Å². The van der Waals surface area contributed by atoms with Crippen LogP contribution >= 0.6 is 0 Å². The van der Waals surface area contributed by atoms with Crippen LogP contribution in [0.5, 0.6) is 5.75 Å². The molecule has 0 bridgehead atoms. The van der Waals surface area contributed by atoms with Crippen LogP contribution in [0.1, 0.15) is 37.4 Å². The molecule has 0 heterocycles. The zero-order valence-electron chi connectivity index (χ0n) is 16.5. The number of carbonyl (C=O) groups is 2. The molecule has 0 spiro atoms. The Labute approximate surface area is 169 Å². The highest BCUT2D eigenvalue weighted by Gasteiger charge is 2.22. The quantitative estimate of drug-likeness (QED) is 0.632. The summed E-state index contributed by atoms with van der Waals surface area (Å²) in [6.45, 7) is 1.36. The number of halogens is 2. The lowest BCUT2D eigenvalue weighted by molar-refractivity contribution is -0.129. The number of alkyl halides is 2. The van der Waals surface area contributed by atoms with Gasteiger partial charge in [-0.15, -0.1) is 0 Å². The molecule has 2 aromatic carbocycles. The summed E-state index contributed by atoms with van der Waals surface area (Å²) >= 11 is 0. The average Bonchev–Trinajstić information content (AvgIpc) is 2.67. The fourth-order valence-corrected chi connectivity index (χ4v) is 2.81. The molecule has 1 atom stereocenters. The number of rotatable bonds is 10. The fourth-order valence-electron chi connectivity index (χ4n) is 2.81. The Hall–Kier alpha value is -2.96. The summed E-state index contributed by atoms with van der Waals surface area (Å²) in [6, 6.07) is 14.5. The Morgan fingerprint density at radius 2 is 1.66 bits per heavy atom. The molecular weight excluding hydrogens is 378 g/mol. The van der Waals surface area contributed by atoms with Gasteiger partial charge in [0.1, 0.15) is 11.8 Å².